The van der Waals surface area contributed by atoms with E-state index in [-0.39, 0.29) is 23.3 Å². The molecule has 0 aliphatic carbocycles. The lowest BCUT2D eigenvalue weighted by atomic mass is 10.0. The minimum atomic E-state index is -1.13. The molecule has 1 unspecified atom stereocenters. The predicted octanol–water partition coefficient (Wildman–Crippen LogP) is 2.48. The Kier molecular flexibility index (Phi) is 5.19. The van der Waals surface area contributed by atoms with Crippen molar-refractivity contribution in [1.82, 2.24) is 25.1 Å². The van der Waals surface area contributed by atoms with E-state index in [2.05, 4.69) is 15.5 Å². The van der Waals surface area contributed by atoms with Crippen molar-refractivity contribution >= 4 is 17.8 Å². The number of esters is 1. The monoisotopic (exact) mass is 439 g/mol. The van der Waals surface area contributed by atoms with Crippen molar-refractivity contribution in [3.8, 4) is 11.4 Å². The van der Waals surface area contributed by atoms with Crippen molar-refractivity contribution in [2.45, 2.75) is 12.5 Å². The van der Waals surface area contributed by atoms with Crippen LogP contribution in [0.5, 0.6) is 5.75 Å². The highest BCUT2D eigenvalue weighted by Gasteiger charge is 2.43. The number of tetrazole rings is 1. The summed E-state index contributed by atoms with van der Waals surface area (Å²) in [7, 11) is 0. The van der Waals surface area contributed by atoms with Gasteiger partial charge < -0.3 is 4.74 Å². The van der Waals surface area contributed by atoms with Gasteiger partial charge in [0.15, 0.2) is 0 Å². The van der Waals surface area contributed by atoms with Crippen molar-refractivity contribution in [3.63, 3.8) is 0 Å². The summed E-state index contributed by atoms with van der Waals surface area (Å²) in [5.74, 6) is -1.46. The quantitative estimate of drug-likeness (QED) is 0.258. The van der Waals surface area contributed by atoms with Crippen molar-refractivity contribution in [3.05, 3.63) is 102 Å². The molecule has 33 heavy (non-hydrogen) atoms. The average molecular weight is 439 g/mol. The van der Waals surface area contributed by atoms with Gasteiger partial charge in [0.2, 0.25) is 0 Å². The molecule has 1 aliphatic rings. The van der Waals surface area contributed by atoms with Crippen molar-refractivity contribution in [1.29, 1.82) is 0 Å². The summed E-state index contributed by atoms with van der Waals surface area (Å²) in [6, 6.07) is 21.2. The van der Waals surface area contributed by atoms with Gasteiger partial charge in [-0.1, -0.05) is 42.5 Å². The van der Waals surface area contributed by atoms with Gasteiger partial charge in [-0.15, -0.1) is 5.10 Å². The predicted molar refractivity (Wildman–Crippen MR) is 116 cm³/mol. The number of carbonyl (C=O) groups excluding carboxylic acids is 3. The number of hydrogen-bond donors (Lipinski definition) is 0. The minimum Gasteiger partial charge on any atom is -0.425 e. The molecule has 5 rings (SSSR count). The van der Waals surface area contributed by atoms with Crippen molar-refractivity contribution in [2.75, 3.05) is 0 Å². The number of nitrogens with zero attached hydrogens (tertiary/aromatic N) is 5. The van der Waals surface area contributed by atoms with Crippen LogP contribution in [0.3, 0.4) is 0 Å². The van der Waals surface area contributed by atoms with Crippen LogP contribution in [0.4, 0.5) is 0 Å². The summed E-state index contributed by atoms with van der Waals surface area (Å²) in [6.45, 7) is 0. The lowest BCUT2D eigenvalue weighted by Crippen LogP contribution is -2.48. The fourth-order valence-corrected chi connectivity index (χ4v) is 3.74. The second-order valence-electron chi connectivity index (χ2n) is 7.40. The van der Waals surface area contributed by atoms with Crippen molar-refractivity contribution < 1.29 is 19.1 Å². The molecule has 1 aromatic heterocycles. The van der Waals surface area contributed by atoms with Crippen LogP contribution in [0.15, 0.2) is 85.2 Å². The number of imide groups is 1. The molecule has 0 spiro atoms. The van der Waals surface area contributed by atoms with E-state index in [1.807, 2.05) is 30.3 Å². The highest BCUT2D eigenvalue weighted by Crippen LogP contribution is 2.27. The van der Waals surface area contributed by atoms with Crippen LogP contribution in [0.1, 0.15) is 26.3 Å². The minimum absolute atomic E-state index is 0.133. The van der Waals surface area contributed by atoms with Gasteiger partial charge in [-0.3, -0.25) is 14.5 Å². The van der Waals surface area contributed by atoms with Gasteiger partial charge in [-0.05, 0) is 52.4 Å². The highest BCUT2D eigenvalue weighted by molar-refractivity contribution is 6.22. The molecule has 0 bridgehead atoms. The third-order valence-corrected chi connectivity index (χ3v) is 5.35. The lowest BCUT2D eigenvalue weighted by Gasteiger charge is -2.24. The van der Waals surface area contributed by atoms with E-state index in [1.165, 1.54) is 11.0 Å². The Morgan fingerprint density at radius 1 is 0.848 bits per heavy atom. The zero-order valence-corrected chi connectivity index (χ0v) is 17.2. The molecule has 9 heteroatoms. The van der Waals surface area contributed by atoms with Crippen LogP contribution in [0, 0.1) is 0 Å². The molecular weight excluding hydrogens is 422 g/mol. The SMILES string of the molecule is O=C(Oc1ccc(-n2cnnn2)cc1)C(Cc1ccccc1)N1C(=O)c2ccccc2C1=O. The van der Waals surface area contributed by atoms with Gasteiger partial charge in [-0.25, -0.2) is 9.48 Å². The molecule has 0 saturated heterocycles. The molecule has 1 aliphatic heterocycles. The molecule has 0 saturated carbocycles. The summed E-state index contributed by atoms with van der Waals surface area (Å²) in [5.41, 5.74) is 2.03. The maximum Gasteiger partial charge on any atom is 0.335 e. The molecule has 0 N–H and O–H groups in total. The highest BCUT2D eigenvalue weighted by atomic mass is 16.5. The van der Waals surface area contributed by atoms with E-state index in [0.717, 1.165) is 10.5 Å². The zero-order chi connectivity index (χ0) is 22.8. The molecule has 0 radical (unpaired) electrons. The first-order valence-electron chi connectivity index (χ1n) is 10.2. The summed E-state index contributed by atoms with van der Waals surface area (Å²) in [4.78, 5) is 40.3. The summed E-state index contributed by atoms with van der Waals surface area (Å²) < 4.78 is 7.04. The number of amides is 2. The molecular formula is C24H17N5O4. The topological polar surface area (TPSA) is 107 Å². The molecule has 1 atom stereocenters. The first-order valence-corrected chi connectivity index (χ1v) is 10.2. The Balaban J connectivity index is 1.43. The van der Waals surface area contributed by atoms with Crippen molar-refractivity contribution in [2.24, 2.45) is 0 Å². The van der Waals surface area contributed by atoms with E-state index in [0.29, 0.717) is 5.69 Å². The summed E-state index contributed by atoms with van der Waals surface area (Å²) in [6.07, 6.45) is 1.58. The molecule has 2 amide bonds. The fraction of sp³-hybridized carbons (Fsp3) is 0.0833. The number of carbonyl (C=O) groups is 3. The van der Waals surface area contributed by atoms with E-state index in [4.69, 9.17) is 4.74 Å². The second kappa shape index (κ2) is 8.46. The third kappa shape index (κ3) is 3.87. The normalized spacial score (nSPS) is 13.6. The lowest BCUT2D eigenvalue weighted by molar-refractivity contribution is -0.138. The van der Waals surface area contributed by atoms with Crippen LogP contribution in [-0.2, 0) is 11.2 Å². The molecule has 3 aromatic carbocycles. The average Bonchev–Trinajstić information content (AvgIpc) is 3.47. The Labute approximate surface area is 188 Å². The first kappa shape index (κ1) is 20.3. The summed E-state index contributed by atoms with van der Waals surface area (Å²) in [5, 5.41) is 11.0. The number of benzene rings is 3. The van der Waals surface area contributed by atoms with Gasteiger partial charge in [-0.2, -0.15) is 0 Å². The first-order chi connectivity index (χ1) is 16.1. The number of rotatable bonds is 6. The van der Waals surface area contributed by atoms with E-state index < -0.39 is 23.8 Å². The van der Waals surface area contributed by atoms with E-state index in [1.54, 1.807) is 48.5 Å². The van der Waals surface area contributed by atoms with Gasteiger partial charge >= 0.3 is 5.97 Å². The van der Waals surface area contributed by atoms with Crippen LogP contribution >= 0.6 is 0 Å². The fourth-order valence-electron chi connectivity index (χ4n) is 3.74. The molecule has 0 fully saturated rings. The smallest absolute Gasteiger partial charge is 0.335 e. The number of ether oxygens (including phenoxy) is 1. The number of fused-ring (bicyclic) bond motifs is 1. The van der Waals surface area contributed by atoms with Crippen LogP contribution in [0.2, 0.25) is 0 Å². The molecule has 4 aromatic rings. The zero-order valence-electron chi connectivity index (χ0n) is 17.2. The standard InChI is InChI=1S/C24H17N5O4/c30-22-19-8-4-5-9-20(19)23(31)29(22)21(14-16-6-2-1-3-7-16)24(32)33-18-12-10-17(11-13-18)28-15-25-26-27-28/h1-13,15,21H,14H2. The third-order valence-electron chi connectivity index (χ3n) is 5.35. The molecule has 9 nitrogen and oxygen atoms in total. The van der Waals surface area contributed by atoms with Crippen LogP contribution in [0.25, 0.3) is 5.69 Å². The maximum absolute atomic E-state index is 13.3. The Morgan fingerprint density at radius 2 is 1.48 bits per heavy atom. The Hall–Kier alpha value is -4.66. The Morgan fingerprint density at radius 3 is 2.09 bits per heavy atom. The summed E-state index contributed by atoms with van der Waals surface area (Å²) >= 11 is 0. The van der Waals surface area contributed by atoms with Gasteiger partial charge in [0.05, 0.1) is 16.8 Å². The van der Waals surface area contributed by atoms with Crippen LogP contribution in [-0.4, -0.2) is 48.9 Å². The van der Waals surface area contributed by atoms with Crippen LogP contribution < -0.4 is 4.74 Å². The van der Waals surface area contributed by atoms with Gasteiger partial charge in [0.1, 0.15) is 18.1 Å². The molecule has 2 heterocycles. The molecule has 162 valence electrons. The van der Waals surface area contributed by atoms with Gasteiger partial charge in [0.25, 0.3) is 11.8 Å². The Bertz CT molecular complexity index is 1290. The van der Waals surface area contributed by atoms with E-state index in [9.17, 15) is 14.4 Å². The number of aromatic nitrogens is 4. The maximum atomic E-state index is 13.3. The van der Waals surface area contributed by atoms with Gasteiger partial charge in [0, 0.05) is 6.42 Å². The number of hydrogen-bond acceptors (Lipinski definition) is 7. The second-order valence-corrected chi connectivity index (χ2v) is 7.40. The van der Waals surface area contributed by atoms with E-state index >= 15 is 0 Å². The largest absolute Gasteiger partial charge is 0.425 e.